The van der Waals surface area contributed by atoms with Crippen molar-refractivity contribution in [3.63, 3.8) is 0 Å². The average Bonchev–Trinajstić information content (AvgIpc) is 3.70. The molecule has 10 rings (SSSR count). The zero-order valence-corrected chi connectivity index (χ0v) is 25.3. The molecular weight excluding hydrogens is 593 g/mol. The second-order valence-electron chi connectivity index (χ2n) is 11.4. The summed E-state index contributed by atoms with van der Waals surface area (Å²) < 4.78 is 178. The number of hydrogen-bond acceptors (Lipinski definition) is 1. The van der Waals surface area contributed by atoms with Gasteiger partial charge in [0.2, 0.25) is 0 Å². The molecule has 0 saturated carbocycles. The topological polar surface area (TPSA) is 13.1 Å². The van der Waals surface area contributed by atoms with E-state index in [1.54, 1.807) is 18.2 Å². The number of hydrogen-bond donors (Lipinski definition) is 0. The molecule has 0 atom stereocenters. The molecule has 1 heteroatoms. The molecule has 1 aromatic heterocycles. The Morgan fingerprint density at radius 3 is 1.43 bits per heavy atom. The molecule has 9 aromatic carbocycles. The second-order valence-corrected chi connectivity index (χ2v) is 11.4. The third-order valence-electron chi connectivity index (χ3n) is 8.62. The van der Waals surface area contributed by atoms with Crippen LogP contribution in [0.3, 0.4) is 0 Å². The molecule has 49 heavy (non-hydrogen) atoms. The van der Waals surface area contributed by atoms with E-state index in [2.05, 4.69) is 0 Å². The van der Waals surface area contributed by atoms with Gasteiger partial charge in [0, 0.05) is 10.8 Å². The van der Waals surface area contributed by atoms with Crippen molar-refractivity contribution in [1.29, 1.82) is 0 Å². The maximum absolute atomic E-state index is 9.73. The Kier molecular flexibility index (Phi) is 3.34. The lowest BCUT2D eigenvalue weighted by Crippen LogP contribution is -1.90. The van der Waals surface area contributed by atoms with Crippen molar-refractivity contribution >= 4 is 54.3 Å². The zero-order chi connectivity index (χ0) is 48.8. The minimum absolute atomic E-state index is 0.0971. The van der Waals surface area contributed by atoms with Crippen LogP contribution in [0.5, 0.6) is 0 Å². The molecule has 1 heterocycles. The molecule has 0 bridgehead atoms. The van der Waals surface area contributed by atoms with Crippen LogP contribution in [-0.2, 0) is 0 Å². The van der Waals surface area contributed by atoms with E-state index < -0.39 is 164 Å². The highest BCUT2D eigenvalue weighted by Gasteiger charge is 2.17. The van der Waals surface area contributed by atoms with Crippen LogP contribution in [0.1, 0.15) is 26.0 Å². The second kappa shape index (κ2) is 11.1. The van der Waals surface area contributed by atoms with Crippen molar-refractivity contribution in [2.75, 3.05) is 0 Å². The summed E-state index contributed by atoms with van der Waals surface area (Å²) in [5, 5.41) is -1.79. The van der Waals surface area contributed by atoms with Gasteiger partial charge < -0.3 is 4.42 Å². The first-order chi connectivity index (χ1) is 32.2. The Labute approximate surface area is 311 Å². The van der Waals surface area contributed by atoms with Gasteiger partial charge in [-0.15, -0.1) is 0 Å². The third kappa shape index (κ3) is 4.55. The smallest absolute Gasteiger partial charge is 0.135 e. The quantitative estimate of drug-likeness (QED) is 0.174. The first-order valence-corrected chi connectivity index (χ1v) is 15.3. The van der Waals surface area contributed by atoms with Crippen molar-refractivity contribution in [2.45, 2.75) is 0 Å². The summed E-state index contributed by atoms with van der Waals surface area (Å²) in [4.78, 5) is 0. The standard InChI is InChI=1S/C48H30O/c1-3-11-31(12-4-1)36-23-25-45-43(29-36)44-30-37(24-26-46(44)49-45)34-19-20-35-28-38(22-21-33(35)27-34)48-41-17-9-7-15-39(41)47(32-13-5-2-6-14-32)40-16-8-10-18-42(40)48/h1-30H/i2D,5D,6D,7D,8D,9D,10D,13D,14D,15D,16D,17D,18D,19D,20D,21D,22D,27D,28D. The number of fused-ring (bicyclic) bond motifs is 6. The molecule has 0 unspecified atom stereocenters. The summed E-state index contributed by atoms with van der Waals surface area (Å²) in [5.41, 5.74) is 0.718. The van der Waals surface area contributed by atoms with Crippen molar-refractivity contribution in [3.05, 3.63) is 182 Å². The summed E-state index contributed by atoms with van der Waals surface area (Å²) >= 11 is 0. The lowest BCUT2D eigenvalue weighted by molar-refractivity contribution is 0.669. The maximum Gasteiger partial charge on any atom is 0.135 e. The van der Waals surface area contributed by atoms with E-state index in [0.29, 0.717) is 22.1 Å². The fraction of sp³-hybridized carbons (Fsp3) is 0. The van der Waals surface area contributed by atoms with Crippen LogP contribution in [0.15, 0.2) is 186 Å². The first kappa shape index (κ1) is 14.8. The van der Waals surface area contributed by atoms with Crippen LogP contribution in [0.4, 0.5) is 0 Å². The fourth-order valence-corrected chi connectivity index (χ4v) is 6.39. The van der Waals surface area contributed by atoms with E-state index in [1.165, 1.54) is 0 Å². The average molecular weight is 642 g/mol. The molecule has 1 nitrogen and oxygen atoms in total. The predicted molar refractivity (Wildman–Crippen MR) is 208 cm³/mol. The molecule has 0 aliphatic rings. The molecule has 10 aromatic rings. The molecule has 0 radical (unpaired) electrons. The van der Waals surface area contributed by atoms with Crippen LogP contribution < -0.4 is 0 Å². The number of benzene rings is 9. The Balaban J connectivity index is 1.34. The Bertz CT molecular complexity index is 3850. The molecule has 0 saturated heterocycles. The Morgan fingerprint density at radius 2 is 0.837 bits per heavy atom. The summed E-state index contributed by atoms with van der Waals surface area (Å²) in [7, 11) is 0. The van der Waals surface area contributed by atoms with Crippen LogP contribution in [0.2, 0.25) is 0 Å². The summed E-state index contributed by atoms with van der Waals surface area (Å²) in [5.74, 6) is 0. The van der Waals surface area contributed by atoms with Crippen molar-refractivity contribution in [1.82, 2.24) is 0 Å². The third-order valence-corrected chi connectivity index (χ3v) is 8.62. The SMILES string of the molecule is [2H]c1c([2H])c([2H])c(-c2c3c([2H])c([2H])c([2H])c([2H])c3c(-c3c([2H])c([2H])c4c([2H])c(-c5ccc6oc7ccc(-c8ccccc8)cc7c6c5)c([2H])c([2H])c4c3[2H])c3c([2H])c([2H])c([2H])c([2H])c23)c([2H])c1[2H]. The van der Waals surface area contributed by atoms with Gasteiger partial charge >= 0.3 is 0 Å². The van der Waals surface area contributed by atoms with Gasteiger partial charge in [-0.25, -0.2) is 0 Å². The molecule has 0 aliphatic heterocycles. The first-order valence-electron chi connectivity index (χ1n) is 24.8. The highest BCUT2D eigenvalue weighted by atomic mass is 16.3. The largest absolute Gasteiger partial charge is 0.456 e. The van der Waals surface area contributed by atoms with E-state index >= 15 is 0 Å². The van der Waals surface area contributed by atoms with E-state index in [-0.39, 0.29) is 10.9 Å². The van der Waals surface area contributed by atoms with Gasteiger partial charge in [-0.3, -0.25) is 0 Å². The summed E-state index contributed by atoms with van der Waals surface area (Å²) in [6, 6.07) is 5.21. The monoisotopic (exact) mass is 641 g/mol. The highest BCUT2D eigenvalue weighted by Crippen LogP contribution is 2.44. The summed E-state index contributed by atoms with van der Waals surface area (Å²) in [6.07, 6.45) is 0. The minimum Gasteiger partial charge on any atom is -0.456 e. The summed E-state index contributed by atoms with van der Waals surface area (Å²) in [6.45, 7) is 0. The predicted octanol–water partition coefficient (Wildman–Crippen LogP) is 13.7. The van der Waals surface area contributed by atoms with E-state index in [1.807, 2.05) is 48.5 Å². The zero-order valence-electron chi connectivity index (χ0n) is 44.3. The minimum atomic E-state index is -0.868. The van der Waals surface area contributed by atoms with E-state index in [9.17, 15) is 13.7 Å². The van der Waals surface area contributed by atoms with Gasteiger partial charge in [0.15, 0.2) is 0 Å². The highest BCUT2D eigenvalue weighted by molar-refractivity contribution is 6.21. The van der Waals surface area contributed by atoms with Gasteiger partial charge in [-0.1, -0.05) is 145 Å². The number of furan rings is 1. The van der Waals surface area contributed by atoms with Crippen LogP contribution in [0, 0.1) is 0 Å². The van der Waals surface area contributed by atoms with Gasteiger partial charge in [0.25, 0.3) is 0 Å². The normalized spacial score (nSPS) is 17.1. The van der Waals surface area contributed by atoms with Gasteiger partial charge in [0.1, 0.15) is 11.2 Å². The van der Waals surface area contributed by atoms with Gasteiger partial charge in [0.05, 0.1) is 26.0 Å². The molecule has 228 valence electrons. The Hall–Kier alpha value is -6.44. The van der Waals surface area contributed by atoms with Crippen molar-refractivity contribution < 1.29 is 30.5 Å². The van der Waals surface area contributed by atoms with Gasteiger partial charge in [-0.2, -0.15) is 0 Å². The molecule has 0 amide bonds. The van der Waals surface area contributed by atoms with Gasteiger partial charge in [-0.05, 0) is 113 Å². The van der Waals surface area contributed by atoms with Crippen molar-refractivity contribution in [2.24, 2.45) is 0 Å². The van der Waals surface area contributed by atoms with Crippen molar-refractivity contribution in [3.8, 4) is 44.5 Å². The Morgan fingerprint density at radius 1 is 0.347 bits per heavy atom. The van der Waals surface area contributed by atoms with E-state index in [0.717, 1.165) is 16.5 Å². The van der Waals surface area contributed by atoms with Crippen LogP contribution in [-0.4, -0.2) is 0 Å². The lowest BCUT2D eigenvalue weighted by Gasteiger charge is -2.18. The molecular formula is C48H30O. The molecule has 0 fully saturated rings. The molecule has 0 aliphatic carbocycles. The number of rotatable bonds is 4. The fourth-order valence-electron chi connectivity index (χ4n) is 6.39. The van der Waals surface area contributed by atoms with Crippen LogP contribution >= 0.6 is 0 Å². The maximum atomic E-state index is 9.73. The lowest BCUT2D eigenvalue weighted by atomic mass is 9.85. The van der Waals surface area contributed by atoms with Crippen LogP contribution in [0.25, 0.3) is 98.8 Å². The molecule has 0 spiro atoms. The van der Waals surface area contributed by atoms with E-state index in [4.69, 9.17) is 16.8 Å². The molecule has 0 N–H and O–H groups in total.